The Labute approximate surface area is 224 Å². The van der Waals surface area contributed by atoms with Crippen molar-refractivity contribution in [2.45, 2.75) is 50.9 Å². The molecule has 3 N–H and O–H groups in total. The molecule has 38 heavy (non-hydrogen) atoms. The Bertz CT molecular complexity index is 1220. The van der Waals surface area contributed by atoms with Crippen LogP contribution in [-0.4, -0.2) is 59.3 Å². The summed E-state index contributed by atoms with van der Waals surface area (Å²) in [5, 5.41) is 13.9. The van der Waals surface area contributed by atoms with Crippen molar-refractivity contribution >= 4 is 41.3 Å². The van der Waals surface area contributed by atoms with Crippen LogP contribution in [-0.2, 0) is 31.4 Å². The Hall–Kier alpha value is -3.99. The SMILES string of the molecule is CC(NC(=O)CNC(=O)c1cc[n+](COC(=O)N(C)C2(c3ccccc3Cl)CCCCC2=O)cc1)C(=O)O. The van der Waals surface area contributed by atoms with Crippen LogP contribution in [0.1, 0.15) is 48.5 Å². The first-order valence-corrected chi connectivity index (χ1v) is 12.4. The molecule has 1 aliphatic carbocycles. The number of benzene rings is 1. The summed E-state index contributed by atoms with van der Waals surface area (Å²) >= 11 is 6.44. The minimum atomic E-state index is -1.21. The van der Waals surface area contributed by atoms with Gasteiger partial charge in [0.1, 0.15) is 11.6 Å². The summed E-state index contributed by atoms with van der Waals surface area (Å²) in [6.45, 7) is 0.751. The van der Waals surface area contributed by atoms with Crippen molar-refractivity contribution in [1.29, 1.82) is 0 Å². The van der Waals surface area contributed by atoms with Crippen LogP contribution in [0.2, 0.25) is 5.02 Å². The summed E-state index contributed by atoms with van der Waals surface area (Å²) in [6, 6.07) is 8.86. The van der Waals surface area contributed by atoms with Gasteiger partial charge >= 0.3 is 12.1 Å². The number of hydrogen-bond donors (Lipinski definition) is 3. The molecule has 0 spiro atoms. The number of hydrogen-bond acceptors (Lipinski definition) is 6. The summed E-state index contributed by atoms with van der Waals surface area (Å²) in [6.07, 6.45) is 4.61. The zero-order valence-corrected chi connectivity index (χ0v) is 21.9. The molecule has 2 atom stereocenters. The highest BCUT2D eigenvalue weighted by Gasteiger charge is 2.48. The van der Waals surface area contributed by atoms with Gasteiger partial charge in [-0.1, -0.05) is 29.8 Å². The number of carboxylic acid groups (broad SMARTS) is 1. The van der Waals surface area contributed by atoms with Crippen molar-refractivity contribution in [2.75, 3.05) is 13.6 Å². The lowest BCUT2D eigenvalue weighted by atomic mass is 9.74. The monoisotopic (exact) mass is 545 g/mol. The number of pyridine rings is 1. The highest BCUT2D eigenvalue weighted by molar-refractivity contribution is 6.31. The molecule has 12 heteroatoms. The van der Waals surface area contributed by atoms with E-state index in [1.54, 1.807) is 24.3 Å². The van der Waals surface area contributed by atoms with Gasteiger partial charge in [0.05, 0.1) is 12.1 Å². The highest BCUT2D eigenvalue weighted by atomic mass is 35.5. The predicted octanol–water partition coefficient (Wildman–Crippen LogP) is 2.01. The minimum Gasteiger partial charge on any atom is -0.480 e. The van der Waals surface area contributed by atoms with E-state index < -0.39 is 35.5 Å². The largest absolute Gasteiger partial charge is 0.480 e. The Morgan fingerprint density at radius 3 is 2.47 bits per heavy atom. The van der Waals surface area contributed by atoms with Gasteiger partial charge in [-0.05, 0) is 32.3 Å². The van der Waals surface area contributed by atoms with E-state index in [9.17, 15) is 24.0 Å². The normalized spacial score (nSPS) is 17.7. The zero-order chi connectivity index (χ0) is 27.9. The number of likely N-dealkylation sites (N-methyl/N-ethyl adjacent to an activating group) is 1. The number of aliphatic carboxylic acids is 1. The first kappa shape index (κ1) is 28.6. The number of Topliss-reactive ketones (excluding diaryl/α,β-unsaturated/α-hetero) is 1. The van der Waals surface area contributed by atoms with Gasteiger partial charge in [-0.15, -0.1) is 0 Å². The van der Waals surface area contributed by atoms with Gasteiger partial charge in [0.25, 0.3) is 12.6 Å². The molecule has 1 aromatic carbocycles. The van der Waals surface area contributed by atoms with Crippen LogP contribution in [0.4, 0.5) is 4.79 Å². The molecule has 0 radical (unpaired) electrons. The zero-order valence-electron chi connectivity index (χ0n) is 21.1. The number of carbonyl (C=O) groups is 5. The molecule has 3 amide bonds. The molecule has 1 aromatic heterocycles. The third-order valence-corrected chi connectivity index (χ3v) is 6.80. The van der Waals surface area contributed by atoms with E-state index >= 15 is 0 Å². The summed E-state index contributed by atoms with van der Waals surface area (Å²) < 4.78 is 6.99. The molecule has 2 aromatic rings. The molecular weight excluding hydrogens is 516 g/mol. The Kier molecular flexibility index (Phi) is 9.40. The third-order valence-electron chi connectivity index (χ3n) is 6.47. The maximum absolute atomic E-state index is 13.2. The van der Waals surface area contributed by atoms with Crippen molar-refractivity contribution in [3.05, 3.63) is 64.9 Å². The van der Waals surface area contributed by atoms with Crippen molar-refractivity contribution in [1.82, 2.24) is 15.5 Å². The number of amides is 3. The number of rotatable bonds is 9. The van der Waals surface area contributed by atoms with Gasteiger partial charge in [0.15, 0.2) is 18.2 Å². The minimum absolute atomic E-state index is 0.0922. The smallest absolute Gasteiger partial charge is 0.415 e. The number of halogens is 1. The van der Waals surface area contributed by atoms with Crippen LogP contribution < -0.4 is 15.2 Å². The van der Waals surface area contributed by atoms with Gasteiger partial charge in [-0.2, -0.15) is 4.57 Å². The molecule has 1 aliphatic rings. The van der Waals surface area contributed by atoms with Crippen LogP contribution in [0, 0.1) is 0 Å². The van der Waals surface area contributed by atoms with Crippen LogP contribution in [0.3, 0.4) is 0 Å². The maximum atomic E-state index is 13.2. The first-order valence-electron chi connectivity index (χ1n) is 12.0. The number of carboxylic acids is 1. The molecular formula is C26H30ClN4O7+. The first-order chi connectivity index (χ1) is 18.1. The van der Waals surface area contributed by atoms with Crippen LogP contribution >= 0.6 is 11.6 Å². The van der Waals surface area contributed by atoms with Gasteiger partial charge in [-0.3, -0.25) is 24.1 Å². The molecule has 0 saturated heterocycles. The molecule has 3 rings (SSSR count). The van der Waals surface area contributed by atoms with Crippen LogP contribution in [0.5, 0.6) is 0 Å². The predicted molar refractivity (Wildman–Crippen MR) is 135 cm³/mol. The number of ether oxygens (including phenoxy) is 1. The molecule has 1 fully saturated rings. The highest BCUT2D eigenvalue weighted by Crippen LogP contribution is 2.42. The molecule has 11 nitrogen and oxygen atoms in total. The van der Waals surface area contributed by atoms with E-state index in [0.717, 1.165) is 12.8 Å². The summed E-state index contributed by atoms with van der Waals surface area (Å²) in [5.41, 5.74) is -0.399. The van der Waals surface area contributed by atoms with Crippen LogP contribution in [0.25, 0.3) is 0 Å². The fraction of sp³-hybridized carbons (Fsp3) is 0.385. The number of aromatic nitrogens is 1. The van der Waals surface area contributed by atoms with Crippen LogP contribution in [0.15, 0.2) is 48.8 Å². The van der Waals surface area contributed by atoms with Crippen molar-refractivity contribution in [3.8, 4) is 0 Å². The van der Waals surface area contributed by atoms with E-state index in [-0.39, 0.29) is 24.6 Å². The average molecular weight is 546 g/mol. The Morgan fingerprint density at radius 2 is 1.84 bits per heavy atom. The quantitative estimate of drug-likeness (QED) is 0.408. The topological polar surface area (TPSA) is 146 Å². The number of ketones is 1. The second-order valence-corrected chi connectivity index (χ2v) is 9.39. The molecule has 2 unspecified atom stereocenters. The fourth-order valence-electron chi connectivity index (χ4n) is 4.32. The summed E-state index contributed by atoms with van der Waals surface area (Å²) in [5.74, 6) is -2.45. The fourth-order valence-corrected chi connectivity index (χ4v) is 4.62. The lowest BCUT2D eigenvalue weighted by Gasteiger charge is -2.43. The van der Waals surface area contributed by atoms with Crippen molar-refractivity contribution in [3.63, 3.8) is 0 Å². The Morgan fingerprint density at radius 1 is 1.16 bits per heavy atom. The van der Waals surface area contributed by atoms with E-state index in [1.807, 2.05) is 0 Å². The van der Waals surface area contributed by atoms with E-state index in [1.165, 1.54) is 48.0 Å². The van der Waals surface area contributed by atoms with E-state index in [2.05, 4.69) is 10.6 Å². The number of carbonyl (C=O) groups excluding carboxylic acids is 4. The number of nitrogens with one attached hydrogen (secondary N) is 2. The molecule has 0 aliphatic heterocycles. The lowest BCUT2D eigenvalue weighted by Crippen LogP contribution is -2.55. The second-order valence-electron chi connectivity index (χ2n) is 8.98. The van der Waals surface area contributed by atoms with E-state index in [4.69, 9.17) is 21.4 Å². The van der Waals surface area contributed by atoms with Crippen molar-refractivity contribution in [2.24, 2.45) is 0 Å². The van der Waals surface area contributed by atoms with Gasteiger partial charge in [0.2, 0.25) is 5.91 Å². The molecule has 1 heterocycles. The lowest BCUT2D eigenvalue weighted by molar-refractivity contribution is -0.727. The molecule has 202 valence electrons. The number of nitrogens with zero attached hydrogens (tertiary/aromatic N) is 2. The van der Waals surface area contributed by atoms with E-state index in [0.29, 0.717) is 23.4 Å². The second kappa shape index (κ2) is 12.5. The average Bonchev–Trinajstić information content (AvgIpc) is 2.91. The molecule has 1 saturated carbocycles. The standard InChI is InChI=1S/C26H29ClN4O7/c1-17(24(35)36)29-22(33)15-28-23(34)18-10-13-31(14-11-18)16-38-25(37)30(2)26(12-6-5-9-21(26)32)19-7-3-4-8-20(19)27/h3-4,7-8,10-11,13-14,17H,5-6,9,12,15-16H2,1-2H3,(H2-,28,29,33,34,35,36)/p+1. The van der Waals surface area contributed by atoms with Crippen molar-refractivity contribution < 1.29 is 38.4 Å². The van der Waals surface area contributed by atoms with Gasteiger partial charge in [0, 0.05) is 36.2 Å². The third kappa shape index (κ3) is 6.46. The summed E-state index contributed by atoms with van der Waals surface area (Å²) in [4.78, 5) is 62.4. The Balaban J connectivity index is 1.61. The maximum Gasteiger partial charge on any atom is 0.415 e. The summed E-state index contributed by atoms with van der Waals surface area (Å²) in [7, 11) is 1.53. The van der Waals surface area contributed by atoms with Gasteiger partial charge in [-0.25, -0.2) is 4.79 Å². The molecule has 0 bridgehead atoms. The van der Waals surface area contributed by atoms with Gasteiger partial charge < -0.3 is 20.5 Å².